The van der Waals surface area contributed by atoms with E-state index in [4.69, 9.17) is 5.73 Å². The fraction of sp³-hybridized carbons (Fsp3) is 0.333. The first-order valence-corrected chi connectivity index (χ1v) is 4.40. The van der Waals surface area contributed by atoms with Crippen LogP contribution in [-0.4, -0.2) is 21.8 Å². The minimum Gasteiger partial charge on any atom is -0.396 e. The standard InChI is InChI=1S/C9H13N5/c1-5-7-8(11-2)6(10)4-12-9(7)14(3)13-5/h4H,10H2,1-3H3,(H,11,12). The van der Waals surface area contributed by atoms with Crippen LogP contribution in [0.4, 0.5) is 11.4 Å². The van der Waals surface area contributed by atoms with Gasteiger partial charge in [0.2, 0.25) is 0 Å². The molecule has 0 spiro atoms. The Labute approximate surface area is 81.9 Å². The molecule has 2 aromatic heterocycles. The van der Waals surface area contributed by atoms with Crippen LogP contribution in [0.1, 0.15) is 5.69 Å². The third kappa shape index (κ3) is 1.02. The van der Waals surface area contributed by atoms with E-state index in [2.05, 4.69) is 15.4 Å². The zero-order chi connectivity index (χ0) is 10.3. The van der Waals surface area contributed by atoms with Crippen LogP contribution in [0.5, 0.6) is 0 Å². The second-order valence-electron chi connectivity index (χ2n) is 3.25. The van der Waals surface area contributed by atoms with Gasteiger partial charge in [-0.15, -0.1) is 0 Å². The molecule has 5 nitrogen and oxygen atoms in total. The first-order chi connectivity index (χ1) is 6.65. The summed E-state index contributed by atoms with van der Waals surface area (Å²) < 4.78 is 1.75. The van der Waals surface area contributed by atoms with Gasteiger partial charge in [0.05, 0.1) is 28.7 Å². The van der Waals surface area contributed by atoms with Gasteiger partial charge in [0, 0.05) is 14.1 Å². The largest absolute Gasteiger partial charge is 0.396 e. The number of pyridine rings is 1. The highest BCUT2D eigenvalue weighted by Gasteiger charge is 2.12. The Morgan fingerprint density at radius 2 is 2.21 bits per heavy atom. The molecule has 0 saturated heterocycles. The van der Waals surface area contributed by atoms with E-state index in [0.717, 1.165) is 22.4 Å². The summed E-state index contributed by atoms with van der Waals surface area (Å²) in [6.07, 6.45) is 1.65. The van der Waals surface area contributed by atoms with Crippen molar-refractivity contribution in [1.29, 1.82) is 0 Å². The van der Waals surface area contributed by atoms with E-state index in [1.54, 1.807) is 10.9 Å². The van der Waals surface area contributed by atoms with Gasteiger partial charge in [-0.1, -0.05) is 0 Å². The van der Waals surface area contributed by atoms with Crippen LogP contribution < -0.4 is 11.1 Å². The number of aryl methyl sites for hydroxylation is 2. The Morgan fingerprint density at radius 3 is 2.86 bits per heavy atom. The quantitative estimate of drug-likeness (QED) is 0.702. The first kappa shape index (κ1) is 8.80. The Balaban J connectivity index is 2.92. The van der Waals surface area contributed by atoms with Gasteiger partial charge >= 0.3 is 0 Å². The zero-order valence-electron chi connectivity index (χ0n) is 8.50. The highest BCUT2D eigenvalue weighted by Crippen LogP contribution is 2.29. The number of nitrogen functional groups attached to an aromatic ring is 1. The fourth-order valence-corrected chi connectivity index (χ4v) is 1.70. The monoisotopic (exact) mass is 191 g/mol. The summed E-state index contributed by atoms with van der Waals surface area (Å²) in [4.78, 5) is 4.25. The molecule has 0 aliphatic carbocycles. The molecule has 14 heavy (non-hydrogen) atoms. The maximum atomic E-state index is 5.81. The molecule has 0 aromatic carbocycles. The van der Waals surface area contributed by atoms with E-state index in [1.165, 1.54) is 0 Å². The van der Waals surface area contributed by atoms with Gasteiger partial charge in [0.15, 0.2) is 5.65 Å². The Morgan fingerprint density at radius 1 is 1.50 bits per heavy atom. The third-order valence-electron chi connectivity index (χ3n) is 2.31. The minimum atomic E-state index is 0.649. The van der Waals surface area contributed by atoms with Crippen molar-refractivity contribution < 1.29 is 0 Å². The number of hydrogen-bond donors (Lipinski definition) is 2. The lowest BCUT2D eigenvalue weighted by atomic mass is 10.2. The Bertz CT molecular complexity index is 485. The van der Waals surface area contributed by atoms with Crippen LogP contribution in [0, 0.1) is 6.92 Å². The van der Waals surface area contributed by atoms with E-state index < -0.39 is 0 Å². The van der Waals surface area contributed by atoms with Gasteiger partial charge in [0.25, 0.3) is 0 Å². The van der Waals surface area contributed by atoms with Crippen molar-refractivity contribution in [2.24, 2.45) is 7.05 Å². The molecule has 0 unspecified atom stereocenters. The summed E-state index contributed by atoms with van der Waals surface area (Å²) in [6, 6.07) is 0. The molecule has 0 fully saturated rings. The van der Waals surface area contributed by atoms with Crippen LogP contribution in [0.25, 0.3) is 11.0 Å². The average molecular weight is 191 g/mol. The van der Waals surface area contributed by atoms with Gasteiger partial charge in [0.1, 0.15) is 0 Å². The van der Waals surface area contributed by atoms with Gasteiger partial charge in [-0.3, -0.25) is 4.68 Å². The highest BCUT2D eigenvalue weighted by molar-refractivity contribution is 5.97. The SMILES string of the molecule is CNc1c(N)cnc2c1c(C)nn2C. The molecule has 74 valence electrons. The van der Waals surface area contributed by atoms with Crippen molar-refractivity contribution in [3.05, 3.63) is 11.9 Å². The van der Waals surface area contributed by atoms with Gasteiger partial charge in [-0.2, -0.15) is 5.10 Å². The van der Waals surface area contributed by atoms with E-state index in [1.807, 2.05) is 21.0 Å². The lowest BCUT2D eigenvalue weighted by Crippen LogP contribution is -1.99. The van der Waals surface area contributed by atoms with Crippen LogP contribution in [0.2, 0.25) is 0 Å². The summed E-state index contributed by atoms with van der Waals surface area (Å²) in [7, 11) is 3.72. The van der Waals surface area contributed by atoms with E-state index in [9.17, 15) is 0 Å². The minimum absolute atomic E-state index is 0.649. The van der Waals surface area contributed by atoms with Crippen molar-refractivity contribution in [3.63, 3.8) is 0 Å². The third-order valence-corrected chi connectivity index (χ3v) is 2.31. The number of anilines is 2. The Kier molecular flexibility index (Phi) is 1.80. The summed E-state index contributed by atoms with van der Waals surface area (Å²) in [6.45, 7) is 1.95. The summed E-state index contributed by atoms with van der Waals surface area (Å²) in [5, 5.41) is 8.37. The number of aromatic nitrogens is 3. The summed E-state index contributed by atoms with van der Waals surface area (Å²) in [5.74, 6) is 0. The van der Waals surface area contributed by atoms with Crippen LogP contribution in [-0.2, 0) is 7.05 Å². The molecule has 0 saturated carbocycles. The average Bonchev–Trinajstić information content (AvgIpc) is 2.43. The van der Waals surface area contributed by atoms with Crippen LogP contribution in [0.3, 0.4) is 0 Å². The number of rotatable bonds is 1. The van der Waals surface area contributed by atoms with Gasteiger partial charge in [-0.25, -0.2) is 4.98 Å². The molecular formula is C9H13N5. The number of fused-ring (bicyclic) bond motifs is 1. The van der Waals surface area contributed by atoms with Crippen molar-refractivity contribution in [2.45, 2.75) is 6.92 Å². The number of nitrogens with zero attached hydrogens (tertiary/aromatic N) is 3. The maximum Gasteiger partial charge on any atom is 0.159 e. The smallest absolute Gasteiger partial charge is 0.159 e. The molecule has 0 bridgehead atoms. The lowest BCUT2D eigenvalue weighted by molar-refractivity contribution is 0.774. The normalized spacial score (nSPS) is 10.8. The molecule has 5 heteroatoms. The number of hydrogen-bond acceptors (Lipinski definition) is 4. The van der Waals surface area contributed by atoms with Crippen molar-refractivity contribution in [2.75, 3.05) is 18.1 Å². The molecule has 0 radical (unpaired) electrons. The predicted octanol–water partition coefficient (Wildman–Crippen LogP) is 0.901. The van der Waals surface area contributed by atoms with Crippen molar-refractivity contribution in [1.82, 2.24) is 14.8 Å². The number of nitrogens with two attached hydrogens (primary N) is 1. The molecule has 2 aromatic rings. The van der Waals surface area contributed by atoms with Crippen LogP contribution in [0.15, 0.2) is 6.20 Å². The van der Waals surface area contributed by atoms with Crippen LogP contribution >= 0.6 is 0 Å². The predicted molar refractivity (Wildman–Crippen MR) is 57.2 cm³/mol. The van der Waals surface area contributed by atoms with E-state index in [0.29, 0.717) is 5.69 Å². The second-order valence-corrected chi connectivity index (χ2v) is 3.25. The lowest BCUT2D eigenvalue weighted by Gasteiger charge is -2.05. The maximum absolute atomic E-state index is 5.81. The molecule has 3 N–H and O–H groups in total. The first-order valence-electron chi connectivity index (χ1n) is 4.40. The molecule has 2 rings (SSSR count). The zero-order valence-corrected chi connectivity index (χ0v) is 8.50. The molecule has 0 aliphatic heterocycles. The van der Waals surface area contributed by atoms with Gasteiger partial charge in [-0.05, 0) is 6.92 Å². The molecular weight excluding hydrogens is 178 g/mol. The Hall–Kier alpha value is -1.78. The fourth-order valence-electron chi connectivity index (χ4n) is 1.70. The molecule has 0 aliphatic rings. The molecule has 0 atom stereocenters. The second kappa shape index (κ2) is 2.87. The molecule has 0 amide bonds. The topological polar surface area (TPSA) is 68.8 Å². The van der Waals surface area contributed by atoms with Gasteiger partial charge < -0.3 is 11.1 Å². The number of nitrogens with one attached hydrogen (secondary N) is 1. The van der Waals surface area contributed by atoms with Crippen molar-refractivity contribution in [3.8, 4) is 0 Å². The van der Waals surface area contributed by atoms with Crippen molar-refractivity contribution >= 4 is 22.4 Å². The van der Waals surface area contributed by atoms with E-state index >= 15 is 0 Å². The van der Waals surface area contributed by atoms with E-state index in [-0.39, 0.29) is 0 Å². The summed E-state index contributed by atoms with van der Waals surface area (Å²) in [5.41, 5.74) is 9.15. The summed E-state index contributed by atoms with van der Waals surface area (Å²) >= 11 is 0. The molecule has 2 heterocycles. The highest BCUT2D eigenvalue weighted by atomic mass is 15.3.